The molecule has 9 heavy (non-hydrogen) atoms. The molecule has 1 heteroatoms. The molecule has 0 heterocycles. The molecule has 2 bridgehead atoms. The van der Waals surface area contributed by atoms with E-state index in [1.54, 1.807) is 0 Å². The van der Waals surface area contributed by atoms with Crippen LogP contribution in [0.15, 0.2) is 0 Å². The van der Waals surface area contributed by atoms with Gasteiger partial charge < -0.3 is 5.73 Å². The van der Waals surface area contributed by atoms with Crippen LogP contribution in [0.25, 0.3) is 0 Å². The molecule has 3 aliphatic rings. The van der Waals surface area contributed by atoms with E-state index in [-0.39, 0.29) is 0 Å². The molecule has 0 aromatic carbocycles. The first-order valence-electron chi connectivity index (χ1n) is 4.04. The summed E-state index contributed by atoms with van der Waals surface area (Å²) in [6.07, 6.45) is 4.13. The van der Waals surface area contributed by atoms with Crippen molar-refractivity contribution in [2.45, 2.75) is 32.2 Å². The first kappa shape index (κ1) is 5.72. The fraction of sp³-hybridized carbons (Fsp3) is 1.00. The fourth-order valence-corrected chi connectivity index (χ4v) is 2.50. The van der Waals surface area contributed by atoms with Crippen molar-refractivity contribution in [1.29, 1.82) is 0 Å². The Morgan fingerprint density at radius 2 is 2.11 bits per heavy atom. The predicted octanol–water partition coefficient (Wildman–Crippen LogP) is 1.38. The van der Waals surface area contributed by atoms with Crippen molar-refractivity contribution in [2.75, 3.05) is 0 Å². The Bertz CT molecular complexity index is 116. The number of fused-ring (bicyclic) bond motifs is 2. The number of rotatable bonds is 0. The maximum absolute atomic E-state index is 5.91. The summed E-state index contributed by atoms with van der Waals surface area (Å²) in [5.74, 6) is 2.90. The Kier molecular flexibility index (Phi) is 1.10. The Morgan fingerprint density at radius 1 is 1.33 bits per heavy atom. The van der Waals surface area contributed by atoms with Gasteiger partial charge >= 0.3 is 0 Å². The quantitative estimate of drug-likeness (QED) is 0.520. The van der Waals surface area contributed by atoms with Gasteiger partial charge in [-0.2, -0.15) is 0 Å². The molecule has 0 aliphatic heterocycles. The van der Waals surface area contributed by atoms with E-state index in [0.717, 1.165) is 17.8 Å². The van der Waals surface area contributed by atoms with Crippen molar-refractivity contribution < 1.29 is 0 Å². The lowest BCUT2D eigenvalue weighted by molar-refractivity contribution is 0.0104. The van der Waals surface area contributed by atoms with Gasteiger partial charge in [0, 0.05) is 6.04 Å². The van der Waals surface area contributed by atoms with E-state index < -0.39 is 0 Å². The molecule has 3 saturated carbocycles. The fourth-order valence-electron chi connectivity index (χ4n) is 2.50. The van der Waals surface area contributed by atoms with E-state index in [1.165, 1.54) is 19.3 Å². The maximum Gasteiger partial charge on any atom is 0.00700 e. The van der Waals surface area contributed by atoms with E-state index in [1.807, 2.05) is 0 Å². The van der Waals surface area contributed by atoms with Crippen molar-refractivity contribution in [3.05, 3.63) is 0 Å². The van der Waals surface area contributed by atoms with Crippen LogP contribution in [0, 0.1) is 17.8 Å². The van der Waals surface area contributed by atoms with Crippen LogP contribution >= 0.6 is 0 Å². The van der Waals surface area contributed by atoms with Gasteiger partial charge in [-0.1, -0.05) is 6.92 Å². The van der Waals surface area contributed by atoms with Crippen molar-refractivity contribution >= 4 is 0 Å². The van der Waals surface area contributed by atoms with Gasteiger partial charge in [-0.05, 0) is 37.0 Å². The summed E-state index contributed by atoms with van der Waals surface area (Å²) in [5, 5.41) is 0. The highest BCUT2D eigenvalue weighted by atomic mass is 14.7. The van der Waals surface area contributed by atoms with Gasteiger partial charge in [0.25, 0.3) is 0 Å². The van der Waals surface area contributed by atoms with Crippen molar-refractivity contribution in [2.24, 2.45) is 23.5 Å². The van der Waals surface area contributed by atoms with Crippen LogP contribution in [-0.4, -0.2) is 6.04 Å². The average molecular weight is 125 g/mol. The van der Waals surface area contributed by atoms with E-state index in [4.69, 9.17) is 5.73 Å². The minimum absolute atomic E-state index is 0.546. The summed E-state index contributed by atoms with van der Waals surface area (Å²) in [6.45, 7) is 2.36. The van der Waals surface area contributed by atoms with Gasteiger partial charge in [0.2, 0.25) is 0 Å². The topological polar surface area (TPSA) is 26.0 Å². The van der Waals surface area contributed by atoms with Crippen LogP contribution in [0.1, 0.15) is 26.2 Å². The molecule has 0 radical (unpaired) electrons. The molecule has 4 atom stereocenters. The van der Waals surface area contributed by atoms with Gasteiger partial charge in [-0.25, -0.2) is 0 Å². The normalized spacial score (nSPS) is 56.7. The van der Waals surface area contributed by atoms with E-state index in [0.29, 0.717) is 6.04 Å². The second-order valence-electron chi connectivity index (χ2n) is 3.76. The third kappa shape index (κ3) is 0.644. The molecule has 0 spiro atoms. The first-order chi connectivity index (χ1) is 4.29. The minimum atomic E-state index is 0.546. The lowest BCUT2D eigenvalue weighted by atomic mass is 9.56. The zero-order valence-corrected chi connectivity index (χ0v) is 6.01. The Balaban J connectivity index is 2.06. The smallest absolute Gasteiger partial charge is 0.00700 e. The molecule has 0 aromatic rings. The highest BCUT2D eigenvalue weighted by Gasteiger charge is 2.44. The van der Waals surface area contributed by atoms with Crippen molar-refractivity contribution in [3.8, 4) is 0 Å². The van der Waals surface area contributed by atoms with Crippen LogP contribution in [0.2, 0.25) is 0 Å². The largest absolute Gasteiger partial charge is 0.327 e. The first-order valence-corrected chi connectivity index (χ1v) is 4.04. The van der Waals surface area contributed by atoms with E-state index in [9.17, 15) is 0 Å². The van der Waals surface area contributed by atoms with Crippen LogP contribution in [0.4, 0.5) is 0 Å². The molecule has 0 amide bonds. The van der Waals surface area contributed by atoms with Gasteiger partial charge in [0.15, 0.2) is 0 Å². The standard InChI is InChI=1S/C8H15N/c1-5-6-2-3-8(9)7(5)4-6/h5-8H,2-4,9H2,1H3/t5-,6+,7-,8-/m1/s1. The molecule has 3 fully saturated rings. The summed E-state index contributed by atoms with van der Waals surface area (Å²) in [7, 11) is 0. The van der Waals surface area contributed by atoms with Crippen molar-refractivity contribution in [1.82, 2.24) is 0 Å². The second kappa shape index (κ2) is 1.72. The van der Waals surface area contributed by atoms with Crippen LogP contribution in [0.5, 0.6) is 0 Å². The molecule has 0 saturated heterocycles. The highest BCUT2D eigenvalue weighted by Crippen LogP contribution is 2.49. The lowest BCUT2D eigenvalue weighted by Crippen LogP contribution is -2.50. The summed E-state index contributed by atoms with van der Waals surface area (Å²) in [6, 6.07) is 0.546. The summed E-state index contributed by atoms with van der Waals surface area (Å²) >= 11 is 0. The number of hydrogen-bond donors (Lipinski definition) is 1. The van der Waals surface area contributed by atoms with Crippen molar-refractivity contribution in [3.63, 3.8) is 0 Å². The SMILES string of the molecule is C[C@@H]1[C@H]2CC[C@@H](N)[C@@H]1C2. The van der Waals surface area contributed by atoms with Crippen LogP contribution in [0.3, 0.4) is 0 Å². The Hall–Kier alpha value is -0.0400. The van der Waals surface area contributed by atoms with E-state index in [2.05, 4.69) is 6.92 Å². The maximum atomic E-state index is 5.91. The highest BCUT2D eigenvalue weighted by molar-refractivity contribution is 4.97. The molecule has 1 nitrogen and oxygen atoms in total. The summed E-state index contributed by atoms with van der Waals surface area (Å²) in [5.41, 5.74) is 5.91. The third-order valence-corrected chi connectivity index (χ3v) is 3.41. The summed E-state index contributed by atoms with van der Waals surface area (Å²) in [4.78, 5) is 0. The zero-order valence-electron chi connectivity index (χ0n) is 6.01. The van der Waals surface area contributed by atoms with E-state index >= 15 is 0 Å². The van der Waals surface area contributed by atoms with Gasteiger partial charge in [-0.3, -0.25) is 0 Å². The molecule has 0 unspecified atom stereocenters. The molecule has 0 aromatic heterocycles. The minimum Gasteiger partial charge on any atom is -0.327 e. The molecular weight excluding hydrogens is 110 g/mol. The van der Waals surface area contributed by atoms with Crippen LogP contribution in [-0.2, 0) is 0 Å². The van der Waals surface area contributed by atoms with Gasteiger partial charge in [-0.15, -0.1) is 0 Å². The number of hydrogen-bond acceptors (Lipinski definition) is 1. The third-order valence-electron chi connectivity index (χ3n) is 3.41. The lowest BCUT2D eigenvalue weighted by Gasteiger charge is -2.51. The molecular formula is C8H15N. The Morgan fingerprint density at radius 3 is 2.44 bits per heavy atom. The van der Waals surface area contributed by atoms with Gasteiger partial charge in [0.05, 0.1) is 0 Å². The van der Waals surface area contributed by atoms with Gasteiger partial charge in [0.1, 0.15) is 0 Å². The Labute approximate surface area is 56.6 Å². The molecule has 3 rings (SSSR count). The van der Waals surface area contributed by atoms with Crippen LogP contribution < -0.4 is 5.73 Å². The molecule has 3 aliphatic carbocycles. The zero-order chi connectivity index (χ0) is 6.43. The second-order valence-corrected chi connectivity index (χ2v) is 3.76. The monoisotopic (exact) mass is 125 g/mol. The average Bonchev–Trinajstić information content (AvgIpc) is 1.86. The summed E-state index contributed by atoms with van der Waals surface area (Å²) < 4.78 is 0. The number of nitrogens with two attached hydrogens (primary N) is 1. The molecule has 2 N–H and O–H groups in total. The molecule has 52 valence electrons. The predicted molar refractivity (Wildman–Crippen MR) is 38.0 cm³/mol.